The molecule has 0 bridgehead atoms. The SMILES string of the molecule is Cc1c(CCCc2ccc(C(C)(C)C)cc2)ncnc1C(=O)N1CCC(N2CCC(N(C)S(C)(=O)=O)CC2)CC1. The highest BCUT2D eigenvalue weighted by Crippen LogP contribution is 2.26. The molecule has 0 radical (unpaired) electrons. The number of hydrogen-bond acceptors (Lipinski definition) is 6. The van der Waals surface area contributed by atoms with E-state index >= 15 is 0 Å². The van der Waals surface area contributed by atoms with Crippen molar-refractivity contribution in [3.8, 4) is 0 Å². The monoisotopic (exact) mass is 569 g/mol. The molecule has 2 fully saturated rings. The van der Waals surface area contributed by atoms with Crippen LogP contribution in [0.3, 0.4) is 0 Å². The van der Waals surface area contributed by atoms with Gasteiger partial charge in [0.25, 0.3) is 5.91 Å². The average molecular weight is 570 g/mol. The molecule has 2 aliphatic rings. The molecule has 0 atom stereocenters. The minimum atomic E-state index is -3.16. The van der Waals surface area contributed by atoms with Gasteiger partial charge < -0.3 is 9.80 Å². The molecule has 40 heavy (non-hydrogen) atoms. The molecule has 1 amide bonds. The third kappa shape index (κ3) is 7.47. The first-order valence-electron chi connectivity index (χ1n) is 14.7. The first kappa shape index (κ1) is 30.6. The minimum absolute atomic E-state index is 0.00542. The number of piperidine rings is 2. The van der Waals surface area contributed by atoms with E-state index in [1.165, 1.54) is 28.0 Å². The van der Waals surface area contributed by atoms with Crippen LogP contribution in [0.4, 0.5) is 0 Å². The zero-order valence-corrected chi connectivity index (χ0v) is 26.0. The first-order chi connectivity index (χ1) is 18.8. The molecule has 1 aromatic heterocycles. The van der Waals surface area contributed by atoms with Gasteiger partial charge in [-0.15, -0.1) is 0 Å². The second-order valence-corrected chi connectivity index (χ2v) is 14.7. The highest BCUT2D eigenvalue weighted by Gasteiger charge is 2.33. The number of nitrogens with zero attached hydrogens (tertiary/aromatic N) is 5. The van der Waals surface area contributed by atoms with Gasteiger partial charge in [-0.3, -0.25) is 4.79 Å². The van der Waals surface area contributed by atoms with Crippen LogP contribution in [-0.2, 0) is 28.3 Å². The van der Waals surface area contributed by atoms with Crippen LogP contribution in [-0.4, -0.2) is 90.0 Å². The lowest BCUT2D eigenvalue weighted by Crippen LogP contribution is -2.52. The van der Waals surface area contributed by atoms with Crippen LogP contribution in [0.1, 0.15) is 85.7 Å². The molecule has 0 N–H and O–H groups in total. The summed E-state index contributed by atoms with van der Waals surface area (Å²) in [5.41, 5.74) is 5.21. The van der Waals surface area contributed by atoms with Gasteiger partial charge >= 0.3 is 0 Å². The van der Waals surface area contributed by atoms with Gasteiger partial charge in [-0.05, 0) is 81.5 Å². The fourth-order valence-electron chi connectivity index (χ4n) is 6.05. The van der Waals surface area contributed by atoms with Crippen LogP contribution in [0.15, 0.2) is 30.6 Å². The Morgan fingerprint density at radius 1 is 0.975 bits per heavy atom. The largest absolute Gasteiger partial charge is 0.337 e. The Bertz CT molecular complexity index is 1260. The number of amides is 1. The Kier molecular flexibility index (Phi) is 9.68. The molecular weight excluding hydrogens is 522 g/mol. The molecule has 1 aromatic carbocycles. The van der Waals surface area contributed by atoms with E-state index in [0.29, 0.717) is 11.7 Å². The van der Waals surface area contributed by atoms with Crippen molar-refractivity contribution in [2.75, 3.05) is 39.5 Å². The quantitative estimate of drug-likeness (QED) is 0.473. The van der Waals surface area contributed by atoms with Crippen molar-refractivity contribution in [2.45, 2.75) is 90.1 Å². The van der Waals surface area contributed by atoms with Gasteiger partial charge in [-0.1, -0.05) is 45.0 Å². The molecule has 9 heteroatoms. The number of rotatable bonds is 8. The van der Waals surface area contributed by atoms with E-state index in [0.717, 1.165) is 82.4 Å². The number of sulfonamides is 1. The molecule has 0 spiro atoms. The fraction of sp³-hybridized carbons (Fsp3) is 0.645. The summed E-state index contributed by atoms with van der Waals surface area (Å²) in [6.45, 7) is 11.9. The number of carbonyl (C=O) groups excluding carboxylic acids is 1. The summed E-state index contributed by atoms with van der Waals surface area (Å²) in [7, 11) is -1.47. The molecule has 4 rings (SSSR count). The van der Waals surface area contributed by atoms with Gasteiger partial charge in [0.2, 0.25) is 10.0 Å². The maximum absolute atomic E-state index is 13.4. The summed E-state index contributed by atoms with van der Waals surface area (Å²) in [5, 5.41) is 0. The van der Waals surface area contributed by atoms with E-state index in [2.05, 4.69) is 59.9 Å². The Balaban J connectivity index is 1.27. The van der Waals surface area contributed by atoms with E-state index in [1.807, 2.05) is 11.8 Å². The van der Waals surface area contributed by atoms with Crippen molar-refractivity contribution in [1.82, 2.24) is 24.1 Å². The van der Waals surface area contributed by atoms with Crippen molar-refractivity contribution in [3.05, 3.63) is 58.7 Å². The number of aryl methyl sites for hydroxylation is 2. The molecule has 0 aliphatic carbocycles. The predicted octanol–water partition coefficient (Wildman–Crippen LogP) is 4.22. The van der Waals surface area contributed by atoms with Crippen LogP contribution < -0.4 is 0 Å². The summed E-state index contributed by atoms with van der Waals surface area (Å²) in [6, 6.07) is 9.42. The van der Waals surface area contributed by atoms with E-state index < -0.39 is 10.0 Å². The number of hydrogen-bond donors (Lipinski definition) is 0. The molecule has 0 unspecified atom stereocenters. The van der Waals surface area contributed by atoms with Crippen LogP contribution in [0, 0.1) is 6.92 Å². The standard InChI is InChI=1S/C31H47N5O3S/c1-23-28(9-7-8-24-10-12-25(13-11-24)31(2,3)4)32-22-33-29(23)30(37)36-20-16-27(17-21-36)35-18-14-26(15-19-35)34(5)40(6,38)39/h10-13,22,26-27H,7-9,14-21H2,1-6H3. The van der Waals surface area contributed by atoms with Crippen molar-refractivity contribution >= 4 is 15.9 Å². The van der Waals surface area contributed by atoms with Crippen LogP contribution in [0.25, 0.3) is 0 Å². The Labute approximate surface area is 241 Å². The molecule has 220 valence electrons. The highest BCUT2D eigenvalue weighted by molar-refractivity contribution is 7.88. The van der Waals surface area contributed by atoms with Crippen molar-refractivity contribution in [2.24, 2.45) is 0 Å². The van der Waals surface area contributed by atoms with E-state index in [4.69, 9.17) is 0 Å². The van der Waals surface area contributed by atoms with E-state index in [-0.39, 0.29) is 17.4 Å². The van der Waals surface area contributed by atoms with E-state index in [1.54, 1.807) is 7.05 Å². The summed E-state index contributed by atoms with van der Waals surface area (Å²) in [6.07, 6.45) is 9.17. The second kappa shape index (κ2) is 12.7. The summed E-state index contributed by atoms with van der Waals surface area (Å²) in [4.78, 5) is 26.8. The third-order valence-electron chi connectivity index (χ3n) is 8.89. The molecule has 8 nitrogen and oxygen atoms in total. The average Bonchev–Trinajstić information content (AvgIpc) is 2.93. The van der Waals surface area contributed by atoms with Gasteiger partial charge in [-0.2, -0.15) is 0 Å². The number of aromatic nitrogens is 2. The molecule has 0 saturated carbocycles. The van der Waals surface area contributed by atoms with Gasteiger partial charge in [0.1, 0.15) is 12.0 Å². The van der Waals surface area contributed by atoms with Crippen LogP contribution in [0.5, 0.6) is 0 Å². The smallest absolute Gasteiger partial charge is 0.272 e. The summed E-state index contributed by atoms with van der Waals surface area (Å²) >= 11 is 0. The Hall–Kier alpha value is -2.36. The normalized spacial score (nSPS) is 18.4. The second-order valence-electron chi connectivity index (χ2n) is 12.7. The minimum Gasteiger partial charge on any atom is -0.337 e. The lowest BCUT2D eigenvalue weighted by Gasteiger charge is -2.43. The van der Waals surface area contributed by atoms with Gasteiger partial charge in [0.15, 0.2) is 0 Å². The maximum atomic E-state index is 13.4. The molecule has 2 saturated heterocycles. The number of carbonyl (C=O) groups is 1. The van der Waals surface area contributed by atoms with Crippen molar-refractivity contribution in [3.63, 3.8) is 0 Å². The van der Waals surface area contributed by atoms with E-state index in [9.17, 15) is 13.2 Å². The number of benzene rings is 1. The number of likely N-dealkylation sites (tertiary alicyclic amines) is 2. The fourth-order valence-corrected chi connectivity index (χ4v) is 6.81. The summed E-state index contributed by atoms with van der Waals surface area (Å²) in [5.74, 6) is 0.00542. The lowest BCUT2D eigenvalue weighted by atomic mass is 9.86. The first-order valence-corrected chi connectivity index (χ1v) is 16.6. The van der Waals surface area contributed by atoms with Crippen molar-refractivity contribution < 1.29 is 13.2 Å². The van der Waals surface area contributed by atoms with Gasteiger partial charge in [-0.25, -0.2) is 22.7 Å². The molecule has 2 aromatic rings. The maximum Gasteiger partial charge on any atom is 0.272 e. The van der Waals surface area contributed by atoms with Crippen molar-refractivity contribution in [1.29, 1.82) is 0 Å². The highest BCUT2D eigenvalue weighted by atomic mass is 32.2. The van der Waals surface area contributed by atoms with Gasteiger partial charge in [0.05, 0.1) is 6.26 Å². The lowest BCUT2D eigenvalue weighted by molar-refractivity contribution is 0.0542. The molecule has 2 aliphatic heterocycles. The predicted molar refractivity (Wildman–Crippen MR) is 160 cm³/mol. The molecular formula is C31H47N5O3S. The topological polar surface area (TPSA) is 86.7 Å². The summed E-state index contributed by atoms with van der Waals surface area (Å²) < 4.78 is 25.3. The third-order valence-corrected chi connectivity index (χ3v) is 10.2. The van der Waals surface area contributed by atoms with Crippen LogP contribution >= 0.6 is 0 Å². The Morgan fingerprint density at radius 3 is 2.17 bits per heavy atom. The molecule has 3 heterocycles. The van der Waals surface area contributed by atoms with Crippen LogP contribution in [0.2, 0.25) is 0 Å². The van der Waals surface area contributed by atoms with Gasteiger partial charge in [0, 0.05) is 43.5 Å². The zero-order chi connectivity index (χ0) is 29.1. The Morgan fingerprint density at radius 2 is 1.60 bits per heavy atom. The zero-order valence-electron chi connectivity index (χ0n) is 25.2.